The molecule has 10 aromatic heterocycles. The number of aromatic nitrogens is 5. The van der Waals surface area contributed by atoms with E-state index in [-0.39, 0.29) is 30.8 Å². The number of pyridine rings is 5. The maximum Gasteiger partial charge on any atom is 0.227 e. The minimum atomic E-state index is 0.152. The van der Waals surface area contributed by atoms with Gasteiger partial charge >= 0.3 is 0 Å². The summed E-state index contributed by atoms with van der Waals surface area (Å²) in [5.41, 5.74) is 30.7. The van der Waals surface area contributed by atoms with E-state index >= 15 is 0 Å². The summed E-state index contributed by atoms with van der Waals surface area (Å²) in [4.78, 5) is 46.1. The molecule has 0 amide bonds. The zero-order valence-corrected chi connectivity index (χ0v) is 76.3. The number of hydrogen-bond donors (Lipinski definition) is 0. The van der Waals surface area contributed by atoms with Crippen molar-refractivity contribution in [2.75, 3.05) is 53.3 Å². The van der Waals surface area contributed by atoms with Crippen LogP contribution in [0, 0.1) is 69.2 Å². The molecule has 20 heteroatoms. The molecule has 20 nitrogen and oxygen atoms in total. The molecule has 0 N–H and O–H groups in total. The lowest BCUT2D eigenvalue weighted by molar-refractivity contribution is 0.263. The first-order chi connectivity index (χ1) is 61.2. The summed E-state index contributed by atoms with van der Waals surface area (Å²) in [6, 6.07) is 70.8. The van der Waals surface area contributed by atoms with Crippen LogP contribution in [-0.4, -0.2) is 91.7 Å². The molecule has 0 saturated heterocycles. The van der Waals surface area contributed by atoms with Crippen LogP contribution in [0.1, 0.15) is 119 Å². The summed E-state index contributed by atoms with van der Waals surface area (Å²) in [5, 5.41) is 11.0. The lowest BCUT2D eigenvalue weighted by Gasteiger charge is -2.33. The summed E-state index contributed by atoms with van der Waals surface area (Å²) in [6.45, 7) is 40.7. The molecule has 642 valence electrons. The van der Waals surface area contributed by atoms with Crippen LogP contribution in [0.3, 0.4) is 0 Å². The monoisotopic (exact) mass is 1680 g/mol. The van der Waals surface area contributed by atoms with E-state index in [4.69, 9.17) is 22.1 Å². The summed E-state index contributed by atoms with van der Waals surface area (Å²) in [6.07, 6.45) is 13.9. The van der Waals surface area contributed by atoms with Crippen molar-refractivity contribution in [1.29, 1.82) is 0 Å². The first kappa shape index (κ1) is 82.3. The van der Waals surface area contributed by atoms with Crippen LogP contribution < -0.4 is 39.2 Å². The Balaban J connectivity index is 0.000000104. The molecule has 18 aromatic rings. The van der Waals surface area contributed by atoms with E-state index in [1.807, 2.05) is 71.0 Å². The highest BCUT2D eigenvalue weighted by Crippen LogP contribution is 2.52. The fourth-order valence-corrected chi connectivity index (χ4v) is 19.3. The third-order valence-corrected chi connectivity index (χ3v) is 26.1. The standard InChI is InChI=1S/C24H25N3O.C23H21N3O.C22H21N3O.C20H23N3O.C18H19N3O/c1-14(2)26-17(5)27(21-9-7-6-8-20(21)26)22-15(3)10-12-18-19-13-11-16(4)25-24(19)28-23(18)22;1-15-9-11-19-20-12-10-16(2)24-23(20)27-22(19)21(15)26-14-13-25(17(26)3)18-7-5-4-6-8-18;1-13-9-11-16-17-12-10-14(2)23-22(17)26-21(16)20(13)25-15(3)24(4)18-7-5-6-8-19(18)25;1-12(2)22-10-11-23(15(22)5)18-13(3)6-8-16-17-9-7-14(4)21-20(17)24-19(16)18;1-11-5-7-14-15-8-6-12(2)19-18(15)22-17(14)16(11)21-10-9-20(4)13(21)3/h6-14,17H,1-5H3;4-14,17H,1-3H3;5-12,15H,1-4H3;6-12,15H,1-5H3;5-10,13H,1-4H3/t2*17-;2*15-;13-/m00000/s1. The van der Waals surface area contributed by atoms with Crippen LogP contribution in [0.5, 0.6) is 0 Å². The van der Waals surface area contributed by atoms with Gasteiger partial charge in [0.25, 0.3) is 0 Å². The van der Waals surface area contributed by atoms with Crippen LogP contribution in [0.25, 0.3) is 110 Å². The molecule has 15 heterocycles. The smallest absolute Gasteiger partial charge is 0.227 e. The first-order valence-corrected chi connectivity index (χ1v) is 44.2. The topological polar surface area (TPSA) is 163 Å². The second kappa shape index (κ2) is 32.4. The fraction of sp³-hybridized carbons (Fsp3) is 0.262. The number of anilines is 10. The highest BCUT2D eigenvalue weighted by molar-refractivity contribution is 6.14. The van der Waals surface area contributed by atoms with Crippen molar-refractivity contribution in [1.82, 2.24) is 34.7 Å². The molecule has 23 rings (SSSR count). The van der Waals surface area contributed by atoms with E-state index in [1.54, 1.807) is 0 Å². The predicted molar refractivity (Wildman–Crippen MR) is 524 cm³/mol. The van der Waals surface area contributed by atoms with Crippen molar-refractivity contribution in [3.05, 3.63) is 294 Å². The Hall–Kier alpha value is -14.3. The summed E-state index contributed by atoms with van der Waals surface area (Å²) < 4.78 is 31.2. The number of hydrogen-bond acceptors (Lipinski definition) is 20. The third-order valence-electron chi connectivity index (χ3n) is 26.1. The molecule has 5 atom stereocenters. The van der Waals surface area contributed by atoms with Crippen LogP contribution in [0.4, 0.5) is 56.9 Å². The van der Waals surface area contributed by atoms with Crippen LogP contribution >= 0.6 is 0 Å². The van der Waals surface area contributed by atoms with Crippen molar-refractivity contribution in [2.45, 2.75) is 174 Å². The molecule has 5 aliphatic rings. The van der Waals surface area contributed by atoms with Crippen molar-refractivity contribution in [3.8, 4) is 0 Å². The minimum Gasteiger partial charge on any atom is -0.435 e. The number of furan rings is 5. The Morgan fingerprint density at radius 3 is 0.921 bits per heavy atom. The van der Waals surface area contributed by atoms with Crippen LogP contribution in [-0.2, 0) is 0 Å². The number of benzene rings is 8. The van der Waals surface area contributed by atoms with E-state index < -0.39 is 0 Å². The normalized spacial score (nSPS) is 17.1. The van der Waals surface area contributed by atoms with Gasteiger partial charge in [-0.15, -0.1) is 0 Å². The largest absolute Gasteiger partial charge is 0.435 e. The maximum absolute atomic E-state index is 6.35. The molecule has 5 aliphatic heterocycles. The van der Waals surface area contributed by atoms with Crippen LogP contribution in [0.2, 0.25) is 0 Å². The van der Waals surface area contributed by atoms with E-state index in [9.17, 15) is 0 Å². The Morgan fingerprint density at radius 1 is 0.260 bits per heavy atom. The molecule has 0 radical (unpaired) electrons. The fourth-order valence-electron chi connectivity index (χ4n) is 19.3. The molecule has 0 aliphatic carbocycles. The number of rotatable bonds is 8. The zero-order chi connectivity index (χ0) is 88.6. The van der Waals surface area contributed by atoms with Crippen molar-refractivity contribution >= 4 is 167 Å². The summed E-state index contributed by atoms with van der Waals surface area (Å²) >= 11 is 0. The molecule has 0 saturated carbocycles. The van der Waals surface area contributed by atoms with Gasteiger partial charge in [0.15, 0.2) is 27.9 Å². The number of fused-ring (bicyclic) bond motifs is 17. The van der Waals surface area contributed by atoms with Gasteiger partial charge in [0, 0.05) is 151 Å². The van der Waals surface area contributed by atoms with Crippen LogP contribution in [0.15, 0.2) is 259 Å². The highest BCUT2D eigenvalue weighted by Gasteiger charge is 2.39. The van der Waals surface area contributed by atoms with Gasteiger partial charge in [-0.25, -0.2) is 24.9 Å². The molecule has 127 heavy (non-hydrogen) atoms. The number of nitrogens with zero attached hydrogens (tertiary/aromatic N) is 15. The molecular formula is C107H109N15O5. The van der Waals surface area contributed by atoms with E-state index in [1.165, 1.54) is 56.3 Å². The van der Waals surface area contributed by atoms with Gasteiger partial charge in [-0.05, 0) is 256 Å². The predicted octanol–water partition coefficient (Wildman–Crippen LogP) is 26.7. The van der Waals surface area contributed by atoms with Crippen molar-refractivity contribution < 1.29 is 22.1 Å². The molecule has 0 fully saturated rings. The van der Waals surface area contributed by atoms with Gasteiger partial charge < -0.3 is 71.1 Å². The second-order valence-corrected chi connectivity index (χ2v) is 35.1. The average Bonchev–Trinajstić information content (AvgIpc) is 1.59. The van der Waals surface area contributed by atoms with Gasteiger partial charge in [0.05, 0.1) is 51.2 Å². The van der Waals surface area contributed by atoms with Gasteiger partial charge in [0.2, 0.25) is 28.6 Å². The number of para-hydroxylation sites is 5. The summed E-state index contributed by atoms with van der Waals surface area (Å²) in [7, 11) is 4.22. The maximum atomic E-state index is 6.35. The second-order valence-electron chi connectivity index (χ2n) is 35.1. The van der Waals surface area contributed by atoms with Gasteiger partial charge in [-0.3, -0.25) is 0 Å². The lowest BCUT2D eigenvalue weighted by atomic mass is 10.1. The summed E-state index contributed by atoms with van der Waals surface area (Å²) in [5.74, 6) is 0. The minimum absolute atomic E-state index is 0.152. The molecule has 0 bridgehead atoms. The van der Waals surface area contributed by atoms with E-state index in [0.717, 1.165) is 139 Å². The average molecular weight is 1690 g/mol. The number of aryl methyl sites for hydroxylation is 10. The lowest BCUT2D eigenvalue weighted by Crippen LogP contribution is -2.42. The van der Waals surface area contributed by atoms with Gasteiger partial charge in [-0.2, -0.15) is 0 Å². The van der Waals surface area contributed by atoms with Gasteiger partial charge in [0.1, 0.15) is 30.8 Å². The zero-order valence-electron chi connectivity index (χ0n) is 76.3. The molecule has 8 aromatic carbocycles. The first-order valence-electron chi connectivity index (χ1n) is 44.2. The molecule has 0 unspecified atom stereocenters. The molecular weight excluding hydrogens is 1580 g/mol. The SMILES string of the molecule is Cc1ccc2c(n1)oc1c(N3C=CN(C(C)C)[C@@H]3C)c(C)ccc12.Cc1ccc2c(n1)oc1c(N3C=CN(C)[C@@H]3C)c(C)ccc12.Cc1ccc2c(n1)oc1c(N3C=CN(c4ccccc4)[C@@H]3C)c(C)ccc12.Cc1ccc2c(n1)oc1c(N3c4ccccc4N(C(C)C)[C@@H]3C)c(C)ccc12.Cc1ccc2c(n1)oc1c(N3c4ccccc4N(C)[C@@H]3C)c(C)ccc12. The van der Waals surface area contributed by atoms with Crippen molar-refractivity contribution in [3.63, 3.8) is 0 Å². The van der Waals surface area contributed by atoms with E-state index in [2.05, 4.69) is 386 Å². The van der Waals surface area contributed by atoms with Crippen molar-refractivity contribution in [2.24, 2.45) is 0 Å². The van der Waals surface area contributed by atoms with E-state index in [0.29, 0.717) is 40.7 Å². The molecule has 0 spiro atoms. The Morgan fingerprint density at radius 2 is 0.559 bits per heavy atom. The third kappa shape index (κ3) is 14.1. The Labute approximate surface area is 741 Å². The highest BCUT2D eigenvalue weighted by atomic mass is 16.4. The van der Waals surface area contributed by atoms with Gasteiger partial charge in [-0.1, -0.05) is 103 Å². The Kier molecular flexibility index (Phi) is 21.0. The Bertz CT molecular complexity index is 7440. The quantitative estimate of drug-likeness (QED) is 0.141.